The first kappa shape index (κ1) is 12.6. The molecular weight excluding hydrogens is 222 g/mol. The second kappa shape index (κ2) is 6.74. The molecule has 2 rings (SSSR count). The van der Waals surface area contributed by atoms with E-state index in [2.05, 4.69) is 35.8 Å². The van der Waals surface area contributed by atoms with Crippen LogP contribution in [0.3, 0.4) is 0 Å². The fourth-order valence-corrected chi connectivity index (χ4v) is 1.89. The molecule has 92 valence electrons. The van der Waals surface area contributed by atoms with Gasteiger partial charge in [-0.2, -0.15) is 0 Å². The lowest BCUT2D eigenvalue weighted by Gasteiger charge is -2.07. The number of nitrogens with one attached hydrogen (secondary N) is 1. The monoisotopic (exact) mass is 239 g/mol. The Hall–Kier alpha value is -1.90. The van der Waals surface area contributed by atoms with Gasteiger partial charge >= 0.3 is 0 Å². The molecule has 0 amide bonds. The van der Waals surface area contributed by atoms with Gasteiger partial charge in [-0.3, -0.25) is 0 Å². The normalized spacial score (nSPS) is 11.5. The summed E-state index contributed by atoms with van der Waals surface area (Å²) in [4.78, 5) is 0. The second-order valence-corrected chi connectivity index (χ2v) is 4.10. The molecule has 2 heteroatoms. The van der Waals surface area contributed by atoms with Crippen LogP contribution >= 0.6 is 0 Å². The van der Waals surface area contributed by atoms with E-state index in [9.17, 15) is 0 Å². The topological polar surface area (TPSA) is 32.3 Å². The van der Waals surface area contributed by atoms with Crippen molar-refractivity contribution in [1.29, 1.82) is 0 Å². The summed E-state index contributed by atoms with van der Waals surface area (Å²) in [5.74, 6) is 0. The maximum absolute atomic E-state index is 8.75. The van der Waals surface area contributed by atoms with Gasteiger partial charge in [-0.25, -0.2) is 5.48 Å². The molecule has 0 atom stereocenters. The Morgan fingerprint density at radius 1 is 0.944 bits per heavy atom. The molecule has 0 aliphatic carbocycles. The van der Waals surface area contributed by atoms with Gasteiger partial charge in [-0.15, -0.1) is 0 Å². The van der Waals surface area contributed by atoms with Crippen LogP contribution in [0.4, 0.5) is 0 Å². The maximum Gasteiger partial charge on any atom is 0.0248 e. The predicted molar refractivity (Wildman–Crippen MR) is 75.2 cm³/mol. The summed E-state index contributed by atoms with van der Waals surface area (Å²) in [5.41, 5.74) is 5.79. The molecule has 2 aromatic carbocycles. The zero-order valence-electron chi connectivity index (χ0n) is 10.2. The molecule has 0 saturated heterocycles. The van der Waals surface area contributed by atoms with Gasteiger partial charge in [0.2, 0.25) is 0 Å². The molecule has 0 fully saturated rings. The van der Waals surface area contributed by atoms with Gasteiger partial charge in [0.1, 0.15) is 0 Å². The van der Waals surface area contributed by atoms with Crippen molar-refractivity contribution in [1.82, 2.24) is 5.48 Å². The number of benzene rings is 2. The number of hydrogen-bond acceptors (Lipinski definition) is 2. The van der Waals surface area contributed by atoms with Crippen molar-refractivity contribution < 1.29 is 5.21 Å². The minimum absolute atomic E-state index is 0.549. The van der Waals surface area contributed by atoms with Crippen LogP contribution in [0, 0.1) is 0 Å². The Kier molecular flexibility index (Phi) is 4.70. The molecule has 2 N–H and O–H groups in total. The molecule has 2 aromatic rings. The molecule has 0 saturated carbocycles. The van der Waals surface area contributed by atoms with Crippen LogP contribution in [0.5, 0.6) is 0 Å². The largest absolute Gasteiger partial charge is 0.317 e. The first-order valence-corrected chi connectivity index (χ1v) is 6.08. The van der Waals surface area contributed by atoms with Gasteiger partial charge in [-0.1, -0.05) is 66.7 Å². The Balaban J connectivity index is 2.28. The maximum atomic E-state index is 8.75. The molecule has 0 aliphatic rings. The van der Waals surface area contributed by atoms with Crippen molar-refractivity contribution in [3.63, 3.8) is 0 Å². The average Bonchev–Trinajstić information content (AvgIpc) is 2.45. The Labute approximate surface area is 108 Å². The Morgan fingerprint density at radius 3 is 2.17 bits per heavy atom. The van der Waals surface area contributed by atoms with E-state index in [1.165, 1.54) is 16.7 Å². The fraction of sp³-hybridized carbons (Fsp3) is 0.125. The summed E-state index contributed by atoms with van der Waals surface area (Å²) < 4.78 is 0. The van der Waals surface area contributed by atoms with Crippen LogP contribution in [-0.2, 0) is 0 Å². The van der Waals surface area contributed by atoms with E-state index in [4.69, 9.17) is 5.21 Å². The standard InChI is InChI=1S/C16H17NO/c18-17-12-11-16(15-9-5-2-6-10-15)13-14-7-3-1-4-8-14/h1-10,13,17-18H,11-12H2/b16-13+. The molecule has 0 heterocycles. The molecule has 0 unspecified atom stereocenters. The third-order valence-electron chi connectivity index (χ3n) is 2.79. The number of hydrogen-bond donors (Lipinski definition) is 2. The molecule has 2 nitrogen and oxygen atoms in total. The van der Waals surface area contributed by atoms with E-state index in [1.54, 1.807) is 0 Å². The average molecular weight is 239 g/mol. The summed E-state index contributed by atoms with van der Waals surface area (Å²) in [6.07, 6.45) is 2.95. The Bertz CT molecular complexity index is 491. The molecule has 0 radical (unpaired) electrons. The smallest absolute Gasteiger partial charge is 0.0248 e. The van der Waals surface area contributed by atoms with Crippen LogP contribution in [0.15, 0.2) is 60.7 Å². The lowest BCUT2D eigenvalue weighted by molar-refractivity contribution is 0.169. The third kappa shape index (κ3) is 3.55. The van der Waals surface area contributed by atoms with E-state index < -0.39 is 0 Å². The fourth-order valence-electron chi connectivity index (χ4n) is 1.89. The van der Waals surface area contributed by atoms with E-state index in [0.29, 0.717) is 6.54 Å². The minimum Gasteiger partial charge on any atom is -0.317 e. The number of hydroxylamine groups is 1. The zero-order chi connectivity index (χ0) is 12.6. The van der Waals surface area contributed by atoms with E-state index in [-0.39, 0.29) is 0 Å². The quantitative estimate of drug-likeness (QED) is 0.617. The minimum atomic E-state index is 0.549. The summed E-state index contributed by atoms with van der Waals surface area (Å²) in [6.45, 7) is 0.549. The molecule has 0 bridgehead atoms. The van der Waals surface area contributed by atoms with Gasteiger partial charge in [0.15, 0.2) is 0 Å². The van der Waals surface area contributed by atoms with E-state index >= 15 is 0 Å². The molecule has 0 aliphatic heterocycles. The first-order chi connectivity index (χ1) is 8.90. The zero-order valence-corrected chi connectivity index (χ0v) is 10.2. The summed E-state index contributed by atoms with van der Waals surface area (Å²) in [5, 5.41) is 8.75. The highest BCUT2D eigenvalue weighted by molar-refractivity contribution is 5.81. The summed E-state index contributed by atoms with van der Waals surface area (Å²) >= 11 is 0. The van der Waals surface area contributed by atoms with Crippen molar-refractivity contribution in [2.24, 2.45) is 0 Å². The second-order valence-electron chi connectivity index (χ2n) is 4.10. The summed E-state index contributed by atoms with van der Waals surface area (Å²) in [6, 6.07) is 20.5. The molecule has 0 spiro atoms. The van der Waals surface area contributed by atoms with E-state index in [0.717, 1.165) is 6.42 Å². The van der Waals surface area contributed by atoms with Crippen molar-refractivity contribution in [3.05, 3.63) is 71.8 Å². The molecule has 18 heavy (non-hydrogen) atoms. The number of rotatable bonds is 5. The van der Waals surface area contributed by atoms with Crippen LogP contribution < -0.4 is 5.48 Å². The molecular formula is C16H17NO. The molecule has 0 aromatic heterocycles. The van der Waals surface area contributed by atoms with Gasteiger partial charge in [0.05, 0.1) is 0 Å². The SMILES string of the molecule is ONCC/C(=C\c1ccccc1)c1ccccc1. The first-order valence-electron chi connectivity index (χ1n) is 6.08. The van der Waals surface area contributed by atoms with Gasteiger partial charge in [-0.05, 0) is 23.1 Å². The highest BCUT2D eigenvalue weighted by Gasteiger charge is 2.01. The lowest BCUT2D eigenvalue weighted by Crippen LogP contribution is -2.09. The van der Waals surface area contributed by atoms with Crippen LogP contribution in [-0.4, -0.2) is 11.8 Å². The lowest BCUT2D eigenvalue weighted by atomic mass is 10.00. The van der Waals surface area contributed by atoms with Crippen molar-refractivity contribution in [3.8, 4) is 0 Å². The third-order valence-corrected chi connectivity index (χ3v) is 2.79. The summed E-state index contributed by atoms with van der Waals surface area (Å²) in [7, 11) is 0. The predicted octanol–water partition coefficient (Wildman–Crippen LogP) is 3.60. The van der Waals surface area contributed by atoms with Crippen molar-refractivity contribution in [2.75, 3.05) is 6.54 Å². The van der Waals surface area contributed by atoms with Crippen LogP contribution in [0.25, 0.3) is 11.6 Å². The van der Waals surface area contributed by atoms with Gasteiger partial charge in [0.25, 0.3) is 0 Å². The van der Waals surface area contributed by atoms with Crippen molar-refractivity contribution >= 4 is 11.6 Å². The van der Waals surface area contributed by atoms with Crippen LogP contribution in [0.2, 0.25) is 0 Å². The van der Waals surface area contributed by atoms with Gasteiger partial charge in [0, 0.05) is 6.54 Å². The highest BCUT2D eigenvalue weighted by Crippen LogP contribution is 2.20. The highest BCUT2D eigenvalue weighted by atomic mass is 16.5. The van der Waals surface area contributed by atoms with Crippen LogP contribution in [0.1, 0.15) is 17.5 Å². The van der Waals surface area contributed by atoms with Gasteiger partial charge < -0.3 is 5.21 Å². The van der Waals surface area contributed by atoms with E-state index in [1.807, 2.05) is 36.4 Å². The Morgan fingerprint density at radius 2 is 1.56 bits per heavy atom. The van der Waals surface area contributed by atoms with Crippen molar-refractivity contribution in [2.45, 2.75) is 6.42 Å².